The fourth-order valence-electron chi connectivity index (χ4n) is 0.214. The molecule has 0 aromatic carbocycles. The minimum absolute atomic E-state index is 0.0421. The summed E-state index contributed by atoms with van der Waals surface area (Å²) in [6.07, 6.45) is 0. The molecule has 0 amide bonds. The van der Waals surface area contributed by atoms with E-state index in [0.717, 1.165) is 0 Å². The summed E-state index contributed by atoms with van der Waals surface area (Å²) in [5, 5.41) is -0.852. The lowest BCUT2D eigenvalue weighted by Gasteiger charge is -2.03. The molecule has 0 spiro atoms. The Bertz CT molecular complexity index is 166. The molecular weight excluding hydrogens is 166 g/mol. The Hall–Kier alpha value is 0.160. The van der Waals surface area contributed by atoms with Crippen LogP contribution in [-0.2, 0) is 10.1 Å². The molecule has 0 bridgehead atoms. The molecule has 6 heteroatoms. The Morgan fingerprint density at radius 3 is 2.33 bits per heavy atom. The number of nitrogens with one attached hydrogen (secondary N) is 1. The van der Waals surface area contributed by atoms with E-state index in [2.05, 4.69) is 4.84 Å². The second kappa shape index (κ2) is 3.36. The van der Waals surface area contributed by atoms with Gasteiger partial charge in [-0.05, 0) is 18.7 Å². The standard InChI is InChI=1S/C3H8ClNO3S/c1-3(2-5-4)9(6,7)8/h3,5H,2H2,1H3,(H,6,7,8). The van der Waals surface area contributed by atoms with Crippen LogP contribution in [0.2, 0.25) is 0 Å². The van der Waals surface area contributed by atoms with Gasteiger partial charge >= 0.3 is 0 Å². The summed E-state index contributed by atoms with van der Waals surface area (Å²) in [5.74, 6) is 0. The van der Waals surface area contributed by atoms with E-state index in [4.69, 9.17) is 16.3 Å². The van der Waals surface area contributed by atoms with E-state index in [9.17, 15) is 8.42 Å². The van der Waals surface area contributed by atoms with Crippen LogP contribution in [0.15, 0.2) is 0 Å². The van der Waals surface area contributed by atoms with Gasteiger partial charge in [0.05, 0.1) is 5.25 Å². The second-order valence-corrected chi connectivity index (χ2v) is 3.77. The molecule has 0 aromatic heterocycles. The fraction of sp³-hybridized carbons (Fsp3) is 1.00. The molecule has 1 atom stereocenters. The van der Waals surface area contributed by atoms with E-state index in [1.807, 2.05) is 0 Å². The zero-order chi connectivity index (χ0) is 7.49. The Kier molecular flexibility index (Phi) is 3.42. The zero-order valence-electron chi connectivity index (χ0n) is 4.83. The number of hydrogen-bond acceptors (Lipinski definition) is 3. The number of hydrogen-bond donors (Lipinski definition) is 2. The zero-order valence-corrected chi connectivity index (χ0v) is 6.41. The molecule has 1 unspecified atom stereocenters. The fourth-order valence-corrected chi connectivity index (χ4v) is 0.831. The van der Waals surface area contributed by atoms with E-state index < -0.39 is 15.4 Å². The maximum Gasteiger partial charge on any atom is 0.268 e. The van der Waals surface area contributed by atoms with Crippen molar-refractivity contribution in [2.45, 2.75) is 12.2 Å². The first-order chi connectivity index (χ1) is 3.98. The Balaban J connectivity index is 3.90. The summed E-state index contributed by atoms with van der Waals surface area (Å²) in [6.45, 7) is 1.39. The molecule has 2 N–H and O–H groups in total. The van der Waals surface area contributed by atoms with Crippen molar-refractivity contribution in [2.75, 3.05) is 6.54 Å². The third kappa shape index (κ3) is 3.69. The Morgan fingerprint density at radius 2 is 2.22 bits per heavy atom. The molecule has 56 valence electrons. The molecule has 0 aliphatic carbocycles. The SMILES string of the molecule is CC(CNCl)S(=O)(=O)O. The molecule has 0 saturated heterocycles. The molecule has 0 aliphatic rings. The van der Waals surface area contributed by atoms with Gasteiger partial charge in [0, 0.05) is 6.54 Å². The lowest BCUT2D eigenvalue weighted by Crippen LogP contribution is -2.25. The molecular formula is C3H8ClNO3S. The molecule has 0 aromatic rings. The first kappa shape index (κ1) is 9.16. The van der Waals surface area contributed by atoms with Crippen LogP contribution in [0.1, 0.15) is 6.92 Å². The van der Waals surface area contributed by atoms with Crippen molar-refractivity contribution in [3.63, 3.8) is 0 Å². The van der Waals surface area contributed by atoms with Crippen molar-refractivity contribution in [1.29, 1.82) is 0 Å². The van der Waals surface area contributed by atoms with Crippen LogP contribution in [0, 0.1) is 0 Å². The highest BCUT2D eigenvalue weighted by atomic mass is 35.5. The van der Waals surface area contributed by atoms with Crippen LogP contribution in [0.25, 0.3) is 0 Å². The van der Waals surface area contributed by atoms with Crippen LogP contribution in [-0.4, -0.2) is 24.8 Å². The van der Waals surface area contributed by atoms with Crippen molar-refractivity contribution < 1.29 is 13.0 Å². The van der Waals surface area contributed by atoms with Crippen molar-refractivity contribution >= 4 is 21.9 Å². The van der Waals surface area contributed by atoms with Gasteiger partial charge in [-0.3, -0.25) is 4.55 Å². The van der Waals surface area contributed by atoms with Crippen molar-refractivity contribution in [2.24, 2.45) is 0 Å². The van der Waals surface area contributed by atoms with Gasteiger partial charge in [-0.25, -0.2) is 4.84 Å². The van der Waals surface area contributed by atoms with E-state index in [1.165, 1.54) is 6.92 Å². The summed E-state index contributed by atoms with van der Waals surface area (Å²) >= 11 is 4.98. The van der Waals surface area contributed by atoms with Gasteiger partial charge in [-0.1, -0.05) is 0 Å². The predicted octanol–water partition coefficient (Wildman–Crippen LogP) is 0.00610. The van der Waals surface area contributed by atoms with Gasteiger partial charge in [0.15, 0.2) is 0 Å². The van der Waals surface area contributed by atoms with E-state index in [0.29, 0.717) is 0 Å². The summed E-state index contributed by atoms with van der Waals surface area (Å²) < 4.78 is 28.6. The highest BCUT2D eigenvalue weighted by molar-refractivity contribution is 7.86. The Labute approximate surface area is 59.1 Å². The Morgan fingerprint density at radius 1 is 1.78 bits per heavy atom. The molecule has 0 heterocycles. The monoisotopic (exact) mass is 173 g/mol. The second-order valence-electron chi connectivity index (χ2n) is 1.66. The van der Waals surface area contributed by atoms with E-state index in [1.54, 1.807) is 0 Å². The third-order valence-electron chi connectivity index (χ3n) is 0.873. The van der Waals surface area contributed by atoms with Gasteiger partial charge in [-0.2, -0.15) is 8.42 Å². The van der Waals surface area contributed by atoms with Crippen LogP contribution in [0.5, 0.6) is 0 Å². The summed E-state index contributed by atoms with van der Waals surface area (Å²) in [4.78, 5) is 2.11. The first-order valence-electron chi connectivity index (χ1n) is 2.28. The molecule has 0 saturated carbocycles. The van der Waals surface area contributed by atoms with Crippen LogP contribution in [0.3, 0.4) is 0 Å². The van der Waals surface area contributed by atoms with Gasteiger partial charge in [0.1, 0.15) is 0 Å². The predicted molar refractivity (Wildman–Crippen MR) is 34.9 cm³/mol. The average molecular weight is 174 g/mol. The highest BCUT2D eigenvalue weighted by Gasteiger charge is 2.15. The van der Waals surface area contributed by atoms with Crippen LogP contribution < -0.4 is 4.84 Å². The summed E-state index contributed by atoms with van der Waals surface area (Å²) in [7, 11) is -3.91. The molecule has 0 radical (unpaired) electrons. The lowest BCUT2D eigenvalue weighted by atomic mass is 10.5. The van der Waals surface area contributed by atoms with E-state index in [-0.39, 0.29) is 6.54 Å². The molecule has 0 rings (SSSR count). The van der Waals surface area contributed by atoms with Gasteiger partial charge < -0.3 is 0 Å². The maximum atomic E-state index is 10.2. The third-order valence-corrected chi connectivity index (χ3v) is 2.21. The van der Waals surface area contributed by atoms with Crippen LogP contribution >= 0.6 is 11.8 Å². The quantitative estimate of drug-likeness (QED) is 0.466. The maximum absolute atomic E-state index is 10.2. The molecule has 0 fully saturated rings. The normalized spacial score (nSPS) is 15.4. The number of halogens is 1. The topological polar surface area (TPSA) is 66.4 Å². The average Bonchev–Trinajstić information content (AvgIpc) is 1.64. The smallest absolute Gasteiger partial charge is 0.268 e. The molecule has 9 heavy (non-hydrogen) atoms. The highest BCUT2D eigenvalue weighted by Crippen LogP contribution is 1.94. The summed E-state index contributed by atoms with van der Waals surface area (Å²) in [5.41, 5.74) is 0. The first-order valence-corrected chi connectivity index (χ1v) is 4.16. The van der Waals surface area contributed by atoms with Gasteiger partial charge in [0.25, 0.3) is 10.1 Å². The van der Waals surface area contributed by atoms with Gasteiger partial charge in [-0.15, -0.1) is 0 Å². The molecule has 0 aliphatic heterocycles. The number of rotatable bonds is 3. The van der Waals surface area contributed by atoms with Crippen molar-refractivity contribution in [3.05, 3.63) is 0 Å². The van der Waals surface area contributed by atoms with E-state index >= 15 is 0 Å². The van der Waals surface area contributed by atoms with Gasteiger partial charge in [0.2, 0.25) is 0 Å². The van der Waals surface area contributed by atoms with Crippen LogP contribution in [0.4, 0.5) is 0 Å². The van der Waals surface area contributed by atoms with Crippen molar-refractivity contribution in [3.8, 4) is 0 Å². The lowest BCUT2D eigenvalue weighted by molar-refractivity contribution is 0.469. The minimum atomic E-state index is -3.91. The summed E-state index contributed by atoms with van der Waals surface area (Å²) in [6, 6.07) is 0. The van der Waals surface area contributed by atoms with Crippen molar-refractivity contribution in [1.82, 2.24) is 4.84 Å². The molecule has 4 nitrogen and oxygen atoms in total. The largest absolute Gasteiger partial charge is 0.285 e. The minimum Gasteiger partial charge on any atom is -0.285 e.